The van der Waals surface area contributed by atoms with Gasteiger partial charge in [0.1, 0.15) is 5.82 Å². The first-order chi connectivity index (χ1) is 8.43. The Morgan fingerprint density at radius 2 is 1.94 bits per heavy atom. The fraction of sp³-hybridized carbons (Fsp3) is 0.462. The van der Waals surface area contributed by atoms with Gasteiger partial charge in [-0.3, -0.25) is 0 Å². The molecule has 18 heavy (non-hydrogen) atoms. The lowest BCUT2D eigenvalue weighted by Crippen LogP contribution is -2.25. The van der Waals surface area contributed by atoms with Crippen molar-refractivity contribution in [1.82, 2.24) is 4.90 Å². The summed E-state index contributed by atoms with van der Waals surface area (Å²) in [7, 11) is 5.64. The Hall–Kier alpha value is -1.62. The van der Waals surface area contributed by atoms with Crippen molar-refractivity contribution in [1.29, 1.82) is 0 Å². The summed E-state index contributed by atoms with van der Waals surface area (Å²) < 4.78 is 13.7. The maximum atomic E-state index is 13.7. The van der Waals surface area contributed by atoms with Crippen LogP contribution in [0.2, 0.25) is 0 Å². The molecule has 0 bridgehead atoms. The first kappa shape index (κ1) is 14.4. The molecule has 1 aromatic rings. The molecule has 0 aromatic heterocycles. The van der Waals surface area contributed by atoms with Crippen LogP contribution in [0.4, 0.5) is 10.1 Å². The van der Waals surface area contributed by atoms with Gasteiger partial charge in [0.25, 0.3) is 0 Å². The molecule has 0 fully saturated rings. The van der Waals surface area contributed by atoms with Crippen LogP contribution in [0, 0.1) is 5.82 Å². The molecule has 1 rings (SSSR count). The lowest BCUT2D eigenvalue weighted by molar-refractivity contribution is 0.0697. The standard InChI is InChI=1S/C13H19FN2O2/c1-15(2)8-5-9-16(3)12-10(13(17)18)6-4-7-11(12)14/h4,6-7H,5,8-9H2,1-3H3,(H,17,18). The maximum absolute atomic E-state index is 13.7. The van der Waals surface area contributed by atoms with Gasteiger partial charge in [-0.05, 0) is 39.2 Å². The van der Waals surface area contributed by atoms with E-state index >= 15 is 0 Å². The Labute approximate surface area is 107 Å². The van der Waals surface area contributed by atoms with Gasteiger partial charge < -0.3 is 14.9 Å². The quantitative estimate of drug-likeness (QED) is 0.842. The van der Waals surface area contributed by atoms with Crippen molar-refractivity contribution in [2.24, 2.45) is 0 Å². The molecule has 4 nitrogen and oxygen atoms in total. The summed E-state index contributed by atoms with van der Waals surface area (Å²) in [4.78, 5) is 14.7. The van der Waals surface area contributed by atoms with Gasteiger partial charge in [0.15, 0.2) is 0 Å². The van der Waals surface area contributed by atoms with Crippen molar-refractivity contribution in [3.63, 3.8) is 0 Å². The van der Waals surface area contributed by atoms with Crippen LogP contribution >= 0.6 is 0 Å². The van der Waals surface area contributed by atoms with E-state index in [1.54, 1.807) is 11.9 Å². The smallest absolute Gasteiger partial charge is 0.337 e. The normalized spacial score (nSPS) is 10.7. The van der Waals surface area contributed by atoms with Gasteiger partial charge >= 0.3 is 5.97 Å². The highest BCUT2D eigenvalue weighted by Gasteiger charge is 2.17. The molecule has 100 valence electrons. The average Bonchev–Trinajstić information content (AvgIpc) is 2.27. The van der Waals surface area contributed by atoms with Gasteiger partial charge in [-0.25, -0.2) is 9.18 Å². The van der Waals surface area contributed by atoms with Crippen molar-refractivity contribution in [3.8, 4) is 0 Å². The highest BCUT2D eigenvalue weighted by molar-refractivity contribution is 5.94. The monoisotopic (exact) mass is 254 g/mol. The number of rotatable bonds is 6. The van der Waals surface area contributed by atoms with E-state index < -0.39 is 11.8 Å². The molecule has 0 radical (unpaired) electrons. The number of carboxylic acid groups (broad SMARTS) is 1. The summed E-state index contributed by atoms with van der Waals surface area (Å²) in [6.45, 7) is 1.49. The zero-order valence-corrected chi connectivity index (χ0v) is 11.0. The van der Waals surface area contributed by atoms with Crippen LogP contribution in [-0.4, -0.2) is 50.2 Å². The zero-order chi connectivity index (χ0) is 13.7. The molecule has 5 heteroatoms. The van der Waals surface area contributed by atoms with Crippen molar-refractivity contribution in [2.75, 3.05) is 39.1 Å². The topological polar surface area (TPSA) is 43.8 Å². The third kappa shape index (κ3) is 3.70. The molecule has 0 atom stereocenters. The van der Waals surface area contributed by atoms with Crippen LogP contribution in [0.15, 0.2) is 18.2 Å². The molecule has 0 spiro atoms. The number of carbonyl (C=O) groups is 1. The molecule has 0 aliphatic carbocycles. The molecule has 0 heterocycles. The fourth-order valence-corrected chi connectivity index (χ4v) is 1.81. The molecule has 1 N–H and O–H groups in total. The van der Waals surface area contributed by atoms with Gasteiger partial charge in [0.2, 0.25) is 0 Å². The number of benzene rings is 1. The van der Waals surface area contributed by atoms with E-state index in [0.717, 1.165) is 13.0 Å². The van der Waals surface area contributed by atoms with E-state index in [4.69, 9.17) is 5.11 Å². The zero-order valence-electron chi connectivity index (χ0n) is 11.0. The van der Waals surface area contributed by atoms with Crippen LogP contribution in [0.25, 0.3) is 0 Å². The van der Waals surface area contributed by atoms with Crippen molar-refractivity contribution >= 4 is 11.7 Å². The predicted molar refractivity (Wildman–Crippen MR) is 69.8 cm³/mol. The minimum atomic E-state index is -1.11. The Balaban J connectivity index is 2.84. The SMILES string of the molecule is CN(C)CCCN(C)c1c(F)cccc1C(=O)O. The van der Waals surface area contributed by atoms with E-state index in [9.17, 15) is 9.18 Å². The first-order valence-corrected chi connectivity index (χ1v) is 5.81. The van der Waals surface area contributed by atoms with E-state index in [1.165, 1.54) is 18.2 Å². The number of para-hydroxylation sites is 1. The van der Waals surface area contributed by atoms with E-state index in [1.807, 2.05) is 19.0 Å². The minimum Gasteiger partial charge on any atom is -0.478 e. The van der Waals surface area contributed by atoms with E-state index in [-0.39, 0.29) is 11.3 Å². The van der Waals surface area contributed by atoms with Crippen molar-refractivity contribution in [3.05, 3.63) is 29.6 Å². The molecular formula is C13H19FN2O2. The molecule has 0 saturated carbocycles. The van der Waals surface area contributed by atoms with E-state index in [0.29, 0.717) is 6.54 Å². The molecule has 0 aliphatic heterocycles. The Morgan fingerprint density at radius 3 is 2.50 bits per heavy atom. The Bertz CT molecular complexity index is 421. The van der Waals surface area contributed by atoms with Crippen molar-refractivity contribution in [2.45, 2.75) is 6.42 Å². The highest BCUT2D eigenvalue weighted by Crippen LogP contribution is 2.23. The number of nitrogens with zero attached hydrogens (tertiary/aromatic N) is 2. The van der Waals surface area contributed by atoms with Crippen LogP contribution in [0.3, 0.4) is 0 Å². The van der Waals surface area contributed by atoms with Gasteiger partial charge in [0.05, 0.1) is 11.3 Å². The number of hydrogen-bond acceptors (Lipinski definition) is 3. The van der Waals surface area contributed by atoms with E-state index in [2.05, 4.69) is 0 Å². The molecule has 0 aliphatic rings. The predicted octanol–water partition coefficient (Wildman–Crippen LogP) is 1.91. The summed E-state index contributed by atoms with van der Waals surface area (Å²) in [5.74, 6) is -1.61. The second kappa shape index (κ2) is 6.35. The van der Waals surface area contributed by atoms with Crippen LogP contribution in [0.1, 0.15) is 16.8 Å². The number of anilines is 1. The summed E-state index contributed by atoms with van der Waals surface area (Å²) in [6, 6.07) is 4.11. The number of carboxylic acids is 1. The second-order valence-electron chi connectivity index (χ2n) is 4.52. The summed E-state index contributed by atoms with van der Waals surface area (Å²) >= 11 is 0. The first-order valence-electron chi connectivity index (χ1n) is 5.81. The number of halogens is 1. The van der Waals surface area contributed by atoms with Gasteiger partial charge in [-0.1, -0.05) is 6.07 Å². The molecule has 0 amide bonds. The Morgan fingerprint density at radius 1 is 1.28 bits per heavy atom. The molecular weight excluding hydrogens is 235 g/mol. The maximum Gasteiger partial charge on any atom is 0.337 e. The Kier molecular flexibility index (Phi) is 5.09. The summed E-state index contributed by atoms with van der Waals surface area (Å²) in [5.41, 5.74) is 0.158. The molecule has 0 unspecified atom stereocenters. The lowest BCUT2D eigenvalue weighted by atomic mass is 10.1. The average molecular weight is 254 g/mol. The summed E-state index contributed by atoms with van der Waals surface area (Å²) in [5, 5.41) is 9.05. The van der Waals surface area contributed by atoms with Gasteiger partial charge in [-0.2, -0.15) is 0 Å². The molecule has 1 aromatic carbocycles. The van der Waals surface area contributed by atoms with Gasteiger partial charge in [-0.15, -0.1) is 0 Å². The fourth-order valence-electron chi connectivity index (χ4n) is 1.81. The van der Waals surface area contributed by atoms with Crippen LogP contribution < -0.4 is 4.90 Å². The largest absolute Gasteiger partial charge is 0.478 e. The third-order valence-electron chi connectivity index (χ3n) is 2.70. The van der Waals surface area contributed by atoms with Crippen LogP contribution in [0.5, 0.6) is 0 Å². The highest BCUT2D eigenvalue weighted by atomic mass is 19.1. The molecule has 0 saturated heterocycles. The third-order valence-corrected chi connectivity index (χ3v) is 2.70. The lowest BCUT2D eigenvalue weighted by Gasteiger charge is -2.22. The number of aromatic carboxylic acids is 1. The van der Waals surface area contributed by atoms with Gasteiger partial charge in [0, 0.05) is 13.6 Å². The minimum absolute atomic E-state index is 0.00218. The number of hydrogen-bond donors (Lipinski definition) is 1. The van der Waals surface area contributed by atoms with Crippen LogP contribution in [-0.2, 0) is 0 Å². The second-order valence-corrected chi connectivity index (χ2v) is 4.52. The summed E-state index contributed by atoms with van der Waals surface area (Å²) in [6.07, 6.45) is 0.844. The van der Waals surface area contributed by atoms with Crippen molar-refractivity contribution < 1.29 is 14.3 Å².